The summed E-state index contributed by atoms with van der Waals surface area (Å²) in [5.41, 5.74) is 0.957. The van der Waals surface area contributed by atoms with Crippen molar-refractivity contribution in [2.75, 3.05) is 11.9 Å². The summed E-state index contributed by atoms with van der Waals surface area (Å²) in [7, 11) is 0. The molecule has 2 aromatic heterocycles. The number of pyridine rings is 1. The Morgan fingerprint density at radius 3 is 2.95 bits per heavy atom. The van der Waals surface area contributed by atoms with Crippen LogP contribution in [0.1, 0.15) is 6.92 Å². The van der Waals surface area contributed by atoms with E-state index in [4.69, 9.17) is 4.74 Å². The first kappa shape index (κ1) is 13.3. The fraction of sp³-hybridized carbons (Fsp3) is 0.143. The standard InChI is InChI=1S/C14H12BrN3OS/c1-2-19-10-4-5-11-12(7-10)20-14(17-11)18-13-6-3-9(15)8-16-13/h3-8H,2H2,1H3,(H,16,17,18). The van der Waals surface area contributed by atoms with E-state index in [1.165, 1.54) is 0 Å². The lowest BCUT2D eigenvalue weighted by Gasteiger charge is -2.00. The van der Waals surface area contributed by atoms with Crippen LogP contribution in [-0.2, 0) is 0 Å². The minimum Gasteiger partial charge on any atom is -0.494 e. The van der Waals surface area contributed by atoms with E-state index in [2.05, 4.69) is 31.2 Å². The molecule has 0 aliphatic carbocycles. The summed E-state index contributed by atoms with van der Waals surface area (Å²) >= 11 is 4.95. The van der Waals surface area contributed by atoms with E-state index < -0.39 is 0 Å². The Morgan fingerprint density at radius 1 is 1.30 bits per heavy atom. The Balaban J connectivity index is 1.86. The topological polar surface area (TPSA) is 47.0 Å². The summed E-state index contributed by atoms with van der Waals surface area (Å²) in [5.74, 6) is 1.65. The number of hydrogen-bond donors (Lipinski definition) is 1. The molecule has 0 saturated heterocycles. The summed E-state index contributed by atoms with van der Waals surface area (Å²) in [5, 5.41) is 4.03. The Hall–Kier alpha value is -1.66. The number of aromatic nitrogens is 2. The second kappa shape index (κ2) is 5.76. The predicted molar refractivity (Wildman–Crippen MR) is 86.0 cm³/mol. The fourth-order valence-corrected chi connectivity index (χ4v) is 2.91. The highest BCUT2D eigenvalue weighted by molar-refractivity contribution is 9.10. The van der Waals surface area contributed by atoms with Crippen molar-refractivity contribution in [1.82, 2.24) is 9.97 Å². The van der Waals surface area contributed by atoms with Crippen LogP contribution in [0.25, 0.3) is 10.2 Å². The van der Waals surface area contributed by atoms with Gasteiger partial charge in [0.1, 0.15) is 11.6 Å². The van der Waals surface area contributed by atoms with Gasteiger partial charge in [-0.15, -0.1) is 0 Å². The molecule has 2 heterocycles. The van der Waals surface area contributed by atoms with Gasteiger partial charge < -0.3 is 10.1 Å². The second-order valence-electron chi connectivity index (χ2n) is 4.07. The monoisotopic (exact) mass is 349 g/mol. The molecule has 20 heavy (non-hydrogen) atoms. The molecule has 0 aliphatic heterocycles. The largest absolute Gasteiger partial charge is 0.494 e. The molecule has 0 bridgehead atoms. The number of nitrogens with zero attached hydrogens (tertiary/aromatic N) is 2. The van der Waals surface area contributed by atoms with Crippen molar-refractivity contribution in [2.45, 2.75) is 6.92 Å². The van der Waals surface area contributed by atoms with Gasteiger partial charge in [0, 0.05) is 10.7 Å². The number of benzene rings is 1. The molecule has 4 nitrogen and oxygen atoms in total. The first-order valence-electron chi connectivity index (χ1n) is 6.16. The van der Waals surface area contributed by atoms with Crippen LogP contribution in [0, 0.1) is 0 Å². The molecule has 0 atom stereocenters. The van der Waals surface area contributed by atoms with Crippen molar-refractivity contribution in [3.63, 3.8) is 0 Å². The molecule has 3 rings (SSSR count). The van der Waals surface area contributed by atoms with Crippen molar-refractivity contribution in [1.29, 1.82) is 0 Å². The molecule has 6 heteroatoms. The quantitative estimate of drug-likeness (QED) is 0.747. The summed E-state index contributed by atoms with van der Waals surface area (Å²) < 4.78 is 7.54. The Kier molecular flexibility index (Phi) is 3.84. The third-order valence-electron chi connectivity index (χ3n) is 2.63. The highest BCUT2D eigenvalue weighted by Gasteiger charge is 2.06. The van der Waals surface area contributed by atoms with E-state index in [0.717, 1.165) is 31.4 Å². The normalized spacial score (nSPS) is 10.7. The molecule has 0 spiro atoms. The van der Waals surface area contributed by atoms with Crippen LogP contribution < -0.4 is 10.1 Å². The van der Waals surface area contributed by atoms with Crippen LogP contribution in [0.5, 0.6) is 5.75 Å². The van der Waals surface area contributed by atoms with Crippen LogP contribution in [-0.4, -0.2) is 16.6 Å². The van der Waals surface area contributed by atoms with Crippen molar-refractivity contribution in [3.8, 4) is 5.75 Å². The molecule has 0 amide bonds. The number of rotatable bonds is 4. The van der Waals surface area contributed by atoms with Gasteiger partial charge in [-0.1, -0.05) is 11.3 Å². The first-order valence-corrected chi connectivity index (χ1v) is 7.77. The smallest absolute Gasteiger partial charge is 0.189 e. The highest BCUT2D eigenvalue weighted by atomic mass is 79.9. The van der Waals surface area contributed by atoms with E-state index in [1.807, 2.05) is 37.3 Å². The van der Waals surface area contributed by atoms with Crippen molar-refractivity contribution in [2.24, 2.45) is 0 Å². The number of thiazole rings is 1. The fourth-order valence-electron chi connectivity index (χ4n) is 1.77. The molecular weight excluding hydrogens is 338 g/mol. The maximum Gasteiger partial charge on any atom is 0.189 e. The van der Waals surface area contributed by atoms with Gasteiger partial charge in [0.15, 0.2) is 5.13 Å². The molecule has 0 unspecified atom stereocenters. The zero-order valence-corrected chi connectivity index (χ0v) is 13.2. The minimum absolute atomic E-state index is 0.665. The molecule has 0 fully saturated rings. The third-order valence-corrected chi connectivity index (χ3v) is 4.04. The van der Waals surface area contributed by atoms with Crippen LogP contribution in [0.4, 0.5) is 10.9 Å². The van der Waals surface area contributed by atoms with Crippen LogP contribution >= 0.6 is 27.3 Å². The Labute approximate surface area is 129 Å². The average molecular weight is 350 g/mol. The van der Waals surface area contributed by atoms with Gasteiger partial charge in [-0.25, -0.2) is 9.97 Å². The van der Waals surface area contributed by atoms with Crippen molar-refractivity contribution < 1.29 is 4.74 Å². The van der Waals surface area contributed by atoms with Gasteiger partial charge in [0.25, 0.3) is 0 Å². The van der Waals surface area contributed by atoms with E-state index >= 15 is 0 Å². The molecular formula is C14H12BrN3OS. The van der Waals surface area contributed by atoms with Gasteiger partial charge in [-0.3, -0.25) is 0 Å². The number of halogens is 1. The summed E-state index contributed by atoms with van der Waals surface area (Å²) in [6.45, 7) is 2.64. The predicted octanol–water partition coefficient (Wildman–Crippen LogP) is 4.60. The average Bonchev–Trinajstić information content (AvgIpc) is 2.83. The highest BCUT2D eigenvalue weighted by Crippen LogP contribution is 2.30. The van der Waals surface area contributed by atoms with E-state index in [-0.39, 0.29) is 0 Å². The van der Waals surface area contributed by atoms with Gasteiger partial charge in [-0.2, -0.15) is 0 Å². The molecule has 0 saturated carbocycles. The molecule has 102 valence electrons. The van der Waals surface area contributed by atoms with Crippen molar-refractivity contribution >= 4 is 48.4 Å². The maximum atomic E-state index is 5.50. The molecule has 0 radical (unpaired) electrons. The zero-order chi connectivity index (χ0) is 13.9. The first-order chi connectivity index (χ1) is 9.74. The number of hydrogen-bond acceptors (Lipinski definition) is 5. The van der Waals surface area contributed by atoms with E-state index in [0.29, 0.717) is 6.61 Å². The number of anilines is 2. The molecule has 1 N–H and O–H groups in total. The number of nitrogens with one attached hydrogen (secondary N) is 1. The van der Waals surface area contributed by atoms with E-state index in [9.17, 15) is 0 Å². The van der Waals surface area contributed by atoms with Crippen LogP contribution in [0.2, 0.25) is 0 Å². The van der Waals surface area contributed by atoms with Gasteiger partial charge in [0.2, 0.25) is 0 Å². The van der Waals surface area contributed by atoms with Gasteiger partial charge >= 0.3 is 0 Å². The number of ether oxygens (including phenoxy) is 1. The Morgan fingerprint density at radius 2 is 2.20 bits per heavy atom. The number of fused-ring (bicyclic) bond motifs is 1. The Bertz CT molecular complexity index is 727. The maximum absolute atomic E-state index is 5.50. The van der Waals surface area contributed by atoms with Crippen LogP contribution in [0.15, 0.2) is 41.0 Å². The van der Waals surface area contributed by atoms with E-state index in [1.54, 1.807) is 17.5 Å². The summed E-state index contributed by atoms with van der Waals surface area (Å²) in [4.78, 5) is 8.81. The lowest BCUT2D eigenvalue weighted by molar-refractivity contribution is 0.341. The summed E-state index contributed by atoms with van der Waals surface area (Å²) in [6, 6.07) is 9.76. The second-order valence-corrected chi connectivity index (χ2v) is 6.01. The third kappa shape index (κ3) is 2.91. The zero-order valence-electron chi connectivity index (χ0n) is 10.8. The van der Waals surface area contributed by atoms with Gasteiger partial charge in [0.05, 0.1) is 16.8 Å². The molecule has 1 aromatic carbocycles. The molecule has 0 aliphatic rings. The lowest BCUT2D eigenvalue weighted by atomic mass is 10.3. The van der Waals surface area contributed by atoms with Gasteiger partial charge in [-0.05, 0) is 53.2 Å². The lowest BCUT2D eigenvalue weighted by Crippen LogP contribution is -1.91. The SMILES string of the molecule is CCOc1ccc2nc(Nc3ccc(Br)cn3)sc2c1. The van der Waals surface area contributed by atoms with Crippen LogP contribution in [0.3, 0.4) is 0 Å². The molecule has 3 aromatic rings. The van der Waals surface area contributed by atoms with Crippen molar-refractivity contribution in [3.05, 3.63) is 41.0 Å². The summed E-state index contributed by atoms with van der Waals surface area (Å²) in [6.07, 6.45) is 1.75. The minimum atomic E-state index is 0.665.